The van der Waals surface area contributed by atoms with Crippen LogP contribution in [0, 0.1) is 5.92 Å². The summed E-state index contributed by atoms with van der Waals surface area (Å²) in [4.78, 5) is 27.5. The van der Waals surface area contributed by atoms with Crippen LogP contribution in [0.5, 0.6) is 0 Å². The standard InChI is InChI=1S/C19H25F3N2O3/c1-3-27-18(26)15-7-9-24(10-8-15)17(25)13-23(2)12-14-5-4-6-16(11-14)19(20,21)22/h4-6,11,15H,3,7-10,12-13H2,1-2H3. The highest BCUT2D eigenvalue weighted by atomic mass is 19.4. The third-order valence-corrected chi connectivity index (χ3v) is 4.58. The van der Waals surface area contributed by atoms with Gasteiger partial charge in [0.15, 0.2) is 0 Å². The van der Waals surface area contributed by atoms with E-state index in [0.29, 0.717) is 38.1 Å². The predicted octanol–water partition coefficient (Wildman–Crippen LogP) is 2.94. The maximum absolute atomic E-state index is 12.8. The molecular weight excluding hydrogens is 361 g/mol. The van der Waals surface area contributed by atoms with Crippen LogP contribution in [-0.4, -0.2) is 55.0 Å². The summed E-state index contributed by atoms with van der Waals surface area (Å²) in [6, 6.07) is 5.11. The van der Waals surface area contributed by atoms with Gasteiger partial charge in [0.1, 0.15) is 0 Å². The number of nitrogens with zero attached hydrogens (tertiary/aromatic N) is 2. The van der Waals surface area contributed by atoms with Crippen LogP contribution in [0.3, 0.4) is 0 Å². The zero-order valence-corrected chi connectivity index (χ0v) is 15.6. The lowest BCUT2D eigenvalue weighted by Gasteiger charge is -2.32. The predicted molar refractivity (Wildman–Crippen MR) is 93.7 cm³/mol. The summed E-state index contributed by atoms with van der Waals surface area (Å²) in [5.41, 5.74) is -0.193. The fraction of sp³-hybridized carbons (Fsp3) is 0.579. The number of hydrogen-bond donors (Lipinski definition) is 0. The van der Waals surface area contributed by atoms with Crippen LogP contribution in [0.4, 0.5) is 13.2 Å². The smallest absolute Gasteiger partial charge is 0.416 e. The quantitative estimate of drug-likeness (QED) is 0.706. The van der Waals surface area contributed by atoms with Crippen LogP contribution < -0.4 is 0 Å². The second-order valence-electron chi connectivity index (χ2n) is 6.78. The van der Waals surface area contributed by atoms with Crippen molar-refractivity contribution in [2.24, 2.45) is 5.92 Å². The largest absolute Gasteiger partial charge is 0.466 e. The molecule has 0 bridgehead atoms. The number of piperidine rings is 1. The van der Waals surface area contributed by atoms with E-state index in [2.05, 4.69) is 0 Å². The zero-order chi connectivity index (χ0) is 20.0. The number of benzene rings is 1. The zero-order valence-electron chi connectivity index (χ0n) is 15.6. The summed E-state index contributed by atoms with van der Waals surface area (Å²) < 4.78 is 43.4. The molecule has 5 nitrogen and oxygen atoms in total. The molecule has 1 heterocycles. The Bertz CT molecular complexity index is 656. The van der Waals surface area contributed by atoms with Gasteiger partial charge in [0.2, 0.25) is 5.91 Å². The first kappa shape index (κ1) is 21.2. The molecule has 27 heavy (non-hydrogen) atoms. The van der Waals surface area contributed by atoms with E-state index in [1.54, 1.807) is 29.8 Å². The normalized spacial score (nSPS) is 15.9. The van der Waals surface area contributed by atoms with Crippen molar-refractivity contribution in [2.45, 2.75) is 32.5 Å². The number of hydrogen-bond acceptors (Lipinski definition) is 4. The molecular formula is C19H25F3N2O3. The number of carbonyl (C=O) groups excluding carboxylic acids is 2. The first-order chi connectivity index (χ1) is 12.7. The van der Waals surface area contributed by atoms with Crippen LogP contribution in [0.15, 0.2) is 24.3 Å². The third-order valence-electron chi connectivity index (χ3n) is 4.58. The molecule has 8 heteroatoms. The lowest BCUT2D eigenvalue weighted by molar-refractivity contribution is -0.151. The maximum Gasteiger partial charge on any atom is 0.416 e. The molecule has 0 N–H and O–H groups in total. The summed E-state index contributed by atoms with van der Waals surface area (Å²) >= 11 is 0. The Labute approximate surface area is 157 Å². The molecule has 1 aromatic carbocycles. The molecule has 150 valence electrons. The minimum atomic E-state index is -4.38. The van der Waals surface area contributed by atoms with Gasteiger partial charge in [-0.1, -0.05) is 18.2 Å². The molecule has 0 unspecified atom stereocenters. The van der Waals surface area contributed by atoms with E-state index in [1.807, 2.05) is 0 Å². The number of rotatable bonds is 6. The van der Waals surface area contributed by atoms with Gasteiger partial charge in [0.25, 0.3) is 0 Å². The number of halogens is 3. The van der Waals surface area contributed by atoms with Crippen molar-refractivity contribution in [1.82, 2.24) is 9.80 Å². The molecule has 1 aliphatic rings. The lowest BCUT2D eigenvalue weighted by Crippen LogP contribution is -2.44. The number of ether oxygens (including phenoxy) is 1. The van der Waals surface area contributed by atoms with Gasteiger partial charge >= 0.3 is 12.1 Å². The fourth-order valence-electron chi connectivity index (χ4n) is 3.17. The van der Waals surface area contributed by atoms with Crippen molar-refractivity contribution in [3.8, 4) is 0 Å². The monoisotopic (exact) mass is 386 g/mol. The highest BCUT2D eigenvalue weighted by Gasteiger charge is 2.31. The van der Waals surface area contributed by atoms with Crippen molar-refractivity contribution in [3.63, 3.8) is 0 Å². The van der Waals surface area contributed by atoms with E-state index in [1.165, 1.54) is 6.07 Å². The summed E-state index contributed by atoms with van der Waals surface area (Å²) in [5, 5.41) is 0. The molecule has 2 rings (SSSR count). The summed E-state index contributed by atoms with van der Waals surface area (Å²) in [6.07, 6.45) is -3.24. The van der Waals surface area contributed by atoms with Crippen LogP contribution in [0.2, 0.25) is 0 Å². The summed E-state index contributed by atoms with van der Waals surface area (Å²) in [7, 11) is 1.70. The molecule has 1 aromatic rings. The van der Waals surface area contributed by atoms with Crippen molar-refractivity contribution in [1.29, 1.82) is 0 Å². The number of amides is 1. The van der Waals surface area contributed by atoms with Gasteiger partial charge in [-0.25, -0.2) is 0 Å². The topological polar surface area (TPSA) is 49.9 Å². The Morgan fingerprint density at radius 3 is 2.52 bits per heavy atom. The minimum Gasteiger partial charge on any atom is -0.466 e. The number of alkyl halides is 3. The SMILES string of the molecule is CCOC(=O)C1CCN(C(=O)CN(C)Cc2cccc(C(F)(F)F)c2)CC1. The van der Waals surface area contributed by atoms with Crippen molar-refractivity contribution >= 4 is 11.9 Å². The van der Waals surface area contributed by atoms with Gasteiger partial charge in [0.05, 0.1) is 24.6 Å². The van der Waals surface area contributed by atoms with Crippen molar-refractivity contribution in [2.75, 3.05) is 33.3 Å². The maximum atomic E-state index is 12.8. The number of likely N-dealkylation sites (N-methyl/N-ethyl adjacent to an activating group) is 1. The minimum absolute atomic E-state index is 0.0909. The molecule has 0 saturated carbocycles. The number of esters is 1. The van der Waals surface area contributed by atoms with Gasteiger partial charge in [-0.3, -0.25) is 14.5 Å². The Kier molecular flexibility index (Phi) is 7.24. The Hall–Kier alpha value is -2.09. The average molecular weight is 386 g/mol. The van der Waals surface area contributed by atoms with Gasteiger partial charge in [0, 0.05) is 19.6 Å². The van der Waals surface area contributed by atoms with Crippen LogP contribution in [0.25, 0.3) is 0 Å². The van der Waals surface area contributed by atoms with Crippen LogP contribution in [0.1, 0.15) is 30.9 Å². The van der Waals surface area contributed by atoms with E-state index in [0.717, 1.165) is 12.1 Å². The third kappa shape index (κ3) is 6.23. The van der Waals surface area contributed by atoms with E-state index in [4.69, 9.17) is 4.74 Å². The van der Waals surface area contributed by atoms with E-state index >= 15 is 0 Å². The Morgan fingerprint density at radius 1 is 1.26 bits per heavy atom. The van der Waals surface area contributed by atoms with E-state index < -0.39 is 11.7 Å². The summed E-state index contributed by atoms with van der Waals surface area (Å²) in [6.45, 7) is 3.43. The second-order valence-corrected chi connectivity index (χ2v) is 6.78. The van der Waals surface area contributed by atoms with Gasteiger partial charge in [-0.2, -0.15) is 13.2 Å². The van der Waals surface area contributed by atoms with E-state index in [9.17, 15) is 22.8 Å². The Morgan fingerprint density at radius 2 is 1.93 bits per heavy atom. The molecule has 0 aromatic heterocycles. The average Bonchev–Trinajstić information content (AvgIpc) is 2.61. The first-order valence-electron chi connectivity index (χ1n) is 8.99. The first-order valence-corrected chi connectivity index (χ1v) is 8.99. The molecule has 0 aliphatic carbocycles. The fourth-order valence-corrected chi connectivity index (χ4v) is 3.17. The number of likely N-dealkylation sites (tertiary alicyclic amines) is 1. The highest BCUT2D eigenvalue weighted by molar-refractivity contribution is 5.79. The molecule has 0 atom stereocenters. The number of carbonyl (C=O) groups is 2. The van der Waals surface area contributed by atoms with Crippen molar-refractivity contribution < 1.29 is 27.5 Å². The van der Waals surface area contributed by atoms with Gasteiger partial charge < -0.3 is 9.64 Å². The van der Waals surface area contributed by atoms with E-state index in [-0.39, 0.29) is 30.9 Å². The molecule has 1 aliphatic heterocycles. The molecule has 1 saturated heterocycles. The van der Waals surface area contributed by atoms with Gasteiger partial charge in [-0.15, -0.1) is 0 Å². The van der Waals surface area contributed by atoms with Crippen LogP contribution in [-0.2, 0) is 27.0 Å². The lowest BCUT2D eigenvalue weighted by atomic mass is 9.97. The highest BCUT2D eigenvalue weighted by Crippen LogP contribution is 2.29. The molecule has 1 fully saturated rings. The Balaban J connectivity index is 1.83. The molecule has 0 radical (unpaired) electrons. The van der Waals surface area contributed by atoms with Crippen molar-refractivity contribution in [3.05, 3.63) is 35.4 Å². The second kappa shape index (κ2) is 9.21. The van der Waals surface area contributed by atoms with Crippen LogP contribution >= 0.6 is 0 Å². The molecule has 1 amide bonds. The van der Waals surface area contributed by atoms with Gasteiger partial charge in [-0.05, 0) is 38.4 Å². The molecule has 0 spiro atoms. The summed E-state index contributed by atoms with van der Waals surface area (Å²) in [5.74, 6) is -0.477.